The van der Waals surface area contributed by atoms with Crippen molar-refractivity contribution in [2.45, 2.75) is 31.9 Å². The van der Waals surface area contributed by atoms with Gasteiger partial charge in [0.1, 0.15) is 5.75 Å². The Hall–Kier alpha value is -1.37. The molecule has 1 aliphatic carbocycles. The minimum absolute atomic E-state index is 0.639. The summed E-state index contributed by atoms with van der Waals surface area (Å²) >= 11 is 0. The fourth-order valence-corrected chi connectivity index (χ4v) is 4.41. The number of anilines is 1. The molecule has 2 atom stereocenters. The molecule has 0 saturated heterocycles. The molecule has 5 nitrogen and oxygen atoms in total. The van der Waals surface area contributed by atoms with E-state index in [9.17, 15) is 9.47 Å². The lowest BCUT2D eigenvalue weighted by Gasteiger charge is -2.24. The van der Waals surface area contributed by atoms with Crippen LogP contribution in [0.15, 0.2) is 34.7 Å². The highest BCUT2D eigenvalue weighted by Crippen LogP contribution is 2.41. The predicted octanol–water partition coefficient (Wildman–Crippen LogP) is 2.82. The summed E-state index contributed by atoms with van der Waals surface area (Å²) in [7, 11) is 0.321. The SMILES string of the molecule is COc1ccc(N2[C@@H](OO)C3=C(CCCC3)S2=O)cc1. The van der Waals surface area contributed by atoms with Gasteiger partial charge in [0, 0.05) is 4.91 Å². The molecule has 0 fully saturated rings. The van der Waals surface area contributed by atoms with Crippen LogP contribution in [-0.2, 0) is 15.9 Å². The van der Waals surface area contributed by atoms with Crippen molar-refractivity contribution in [3.8, 4) is 5.75 Å². The number of nitrogens with zero attached hydrogens (tertiary/aromatic N) is 1. The van der Waals surface area contributed by atoms with E-state index in [4.69, 9.17) is 4.74 Å². The van der Waals surface area contributed by atoms with E-state index in [0.717, 1.165) is 47.6 Å². The molecule has 0 bridgehead atoms. The summed E-state index contributed by atoms with van der Waals surface area (Å²) < 4.78 is 19.4. The Balaban J connectivity index is 1.95. The van der Waals surface area contributed by atoms with E-state index in [1.54, 1.807) is 23.5 Å². The van der Waals surface area contributed by atoms with Crippen LogP contribution < -0.4 is 9.04 Å². The third-order valence-electron chi connectivity index (χ3n) is 3.79. The summed E-state index contributed by atoms with van der Waals surface area (Å²) in [6, 6.07) is 7.25. The van der Waals surface area contributed by atoms with Crippen LogP contribution in [0, 0.1) is 0 Å². The molecule has 2 aliphatic rings. The van der Waals surface area contributed by atoms with Gasteiger partial charge < -0.3 is 4.74 Å². The average molecular weight is 295 g/mol. The number of allylic oxidation sites excluding steroid dienone is 1. The van der Waals surface area contributed by atoms with Gasteiger partial charge in [-0.25, -0.2) is 14.4 Å². The van der Waals surface area contributed by atoms with E-state index in [0.29, 0.717) is 0 Å². The van der Waals surface area contributed by atoms with Crippen LogP contribution >= 0.6 is 0 Å². The molecule has 1 heterocycles. The van der Waals surface area contributed by atoms with Crippen LogP contribution in [0.2, 0.25) is 0 Å². The van der Waals surface area contributed by atoms with Crippen molar-refractivity contribution in [1.29, 1.82) is 0 Å². The molecule has 1 N–H and O–H groups in total. The Bertz CT molecular complexity index is 555. The quantitative estimate of drug-likeness (QED) is 0.688. The summed E-state index contributed by atoms with van der Waals surface area (Å²) in [4.78, 5) is 5.53. The van der Waals surface area contributed by atoms with Crippen molar-refractivity contribution in [3.05, 3.63) is 34.7 Å². The maximum atomic E-state index is 12.6. The van der Waals surface area contributed by atoms with Crippen LogP contribution in [0.4, 0.5) is 5.69 Å². The zero-order valence-electron chi connectivity index (χ0n) is 11.2. The first-order chi connectivity index (χ1) is 9.76. The topological polar surface area (TPSA) is 59.0 Å². The molecular weight excluding hydrogens is 278 g/mol. The Morgan fingerprint density at radius 3 is 2.60 bits per heavy atom. The number of benzene rings is 1. The fourth-order valence-electron chi connectivity index (χ4n) is 2.78. The normalized spacial score (nSPS) is 25.8. The van der Waals surface area contributed by atoms with Gasteiger partial charge >= 0.3 is 0 Å². The zero-order chi connectivity index (χ0) is 14.1. The molecule has 1 unspecified atom stereocenters. The smallest absolute Gasteiger partial charge is 0.199 e. The third-order valence-corrected chi connectivity index (χ3v) is 5.43. The second kappa shape index (κ2) is 5.55. The lowest BCUT2D eigenvalue weighted by atomic mass is 9.98. The largest absolute Gasteiger partial charge is 0.497 e. The van der Waals surface area contributed by atoms with E-state index >= 15 is 0 Å². The monoisotopic (exact) mass is 295 g/mol. The highest BCUT2D eigenvalue weighted by Gasteiger charge is 2.41. The van der Waals surface area contributed by atoms with Gasteiger partial charge in [-0.05, 0) is 55.5 Å². The molecule has 6 heteroatoms. The molecule has 1 aromatic rings. The summed E-state index contributed by atoms with van der Waals surface area (Å²) in [5.41, 5.74) is 1.71. The first-order valence-corrected chi connectivity index (χ1v) is 7.74. The highest BCUT2D eigenvalue weighted by atomic mass is 32.2. The molecule has 0 spiro atoms. The van der Waals surface area contributed by atoms with Crippen LogP contribution in [0.25, 0.3) is 0 Å². The van der Waals surface area contributed by atoms with Gasteiger partial charge in [0.25, 0.3) is 0 Å². The molecule has 0 saturated carbocycles. The Morgan fingerprint density at radius 1 is 1.25 bits per heavy atom. The van der Waals surface area contributed by atoms with Gasteiger partial charge in [-0.1, -0.05) is 0 Å². The Morgan fingerprint density at radius 2 is 1.95 bits per heavy atom. The molecule has 1 aliphatic heterocycles. The van der Waals surface area contributed by atoms with Crippen molar-refractivity contribution in [2.75, 3.05) is 11.4 Å². The average Bonchev–Trinajstić information content (AvgIpc) is 2.80. The predicted molar refractivity (Wildman–Crippen MR) is 76.6 cm³/mol. The van der Waals surface area contributed by atoms with Gasteiger partial charge in [0.2, 0.25) is 0 Å². The number of methoxy groups -OCH3 is 1. The van der Waals surface area contributed by atoms with Crippen LogP contribution in [-0.4, -0.2) is 22.8 Å². The van der Waals surface area contributed by atoms with Gasteiger partial charge in [0.05, 0.1) is 12.8 Å². The molecule has 0 aromatic heterocycles. The van der Waals surface area contributed by atoms with Gasteiger partial charge in [0.15, 0.2) is 17.2 Å². The van der Waals surface area contributed by atoms with Crippen LogP contribution in [0.5, 0.6) is 5.75 Å². The summed E-state index contributed by atoms with van der Waals surface area (Å²) in [5.74, 6) is 0.734. The standard InChI is InChI=1S/C14H17NO4S/c1-18-11-8-6-10(7-9-11)15-14(19-16)12-4-2-3-5-13(12)20(15)17/h6-9,14,16H,2-5H2,1H3/t14-,20?/m0/s1. The van der Waals surface area contributed by atoms with E-state index < -0.39 is 17.2 Å². The van der Waals surface area contributed by atoms with E-state index in [-0.39, 0.29) is 0 Å². The maximum Gasteiger partial charge on any atom is 0.199 e. The molecule has 0 radical (unpaired) electrons. The second-order valence-electron chi connectivity index (χ2n) is 4.89. The van der Waals surface area contributed by atoms with E-state index in [2.05, 4.69) is 4.89 Å². The number of hydrogen-bond donors (Lipinski definition) is 1. The summed E-state index contributed by atoms with van der Waals surface area (Å²) in [5, 5.41) is 9.22. The highest BCUT2D eigenvalue weighted by molar-refractivity contribution is 7.90. The first-order valence-electron chi connectivity index (χ1n) is 6.63. The lowest BCUT2D eigenvalue weighted by molar-refractivity contribution is -0.265. The van der Waals surface area contributed by atoms with Crippen LogP contribution in [0.3, 0.4) is 0 Å². The summed E-state index contributed by atoms with van der Waals surface area (Å²) in [6.07, 6.45) is 3.10. The molecule has 108 valence electrons. The zero-order valence-corrected chi connectivity index (χ0v) is 12.1. The van der Waals surface area contributed by atoms with Gasteiger partial charge in [-0.15, -0.1) is 0 Å². The maximum absolute atomic E-state index is 12.6. The van der Waals surface area contributed by atoms with Crippen molar-refractivity contribution < 1.29 is 19.1 Å². The minimum Gasteiger partial charge on any atom is -0.497 e. The summed E-state index contributed by atoms with van der Waals surface area (Å²) in [6.45, 7) is 0. The van der Waals surface area contributed by atoms with Crippen molar-refractivity contribution >= 4 is 16.7 Å². The first kappa shape index (κ1) is 13.6. The minimum atomic E-state index is -1.28. The van der Waals surface area contributed by atoms with E-state index in [1.165, 1.54) is 0 Å². The van der Waals surface area contributed by atoms with E-state index in [1.807, 2.05) is 12.1 Å². The second-order valence-corrected chi connectivity index (χ2v) is 6.27. The Labute approximate surface area is 120 Å². The molecular formula is C14H17NO4S. The Kier molecular flexibility index (Phi) is 3.78. The molecule has 3 rings (SSSR count). The van der Waals surface area contributed by atoms with Gasteiger partial charge in [-0.3, -0.25) is 4.31 Å². The van der Waals surface area contributed by atoms with Gasteiger partial charge in [-0.2, -0.15) is 0 Å². The molecule has 0 amide bonds. The number of ether oxygens (including phenoxy) is 1. The van der Waals surface area contributed by atoms with Crippen molar-refractivity contribution in [2.24, 2.45) is 0 Å². The van der Waals surface area contributed by atoms with Crippen molar-refractivity contribution in [3.63, 3.8) is 0 Å². The molecule has 1 aromatic carbocycles. The lowest BCUT2D eigenvalue weighted by Crippen LogP contribution is -2.34. The molecule has 20 heavy (non-hydrogen) atoms. The third kappa shape index (κ3) is 2.13. The number of hydrogen-bond acceptors (Lipinski definition) is 4. The van der Waals surface area contributed by atoms with Crippen molar-refractivity contribution in [1.82, 2.24) is 0 Å². The number of rotatable bonds is 3. The fraction of sp³-hybridized carbons (Fsp3) is 0.429. The van der Waals surface area contributed by atoms with Crippen LogP contribution in [0.1, 0.15) is 25.7 Å².